The number of hydrogen-bond acceptors (Lipinski definition) is 10. The smallest absolute Gasteiger partial charge is 0.176 e. The van der Waals surface area contributed by atoms with E-state index < -0.39 is 0 Å². The van der Waals surface area contributed by atoms with Crippen molar-refractivity contribution in [1.29, 1.82) is 0 Å². The van der Waals surface area contributed by atoms with Crippen molar-refractivity contribution < 1.29 is 19.3 Å². The summed E-state index contributed by atoms with van der Waals surface area (Å²) in [6, 6.07) is 6.98. The molecule has 10 heteroatoms. The number of rotatable bonds is 9. The number of benzene rings is 1. The van der Waals surface area contributed by atoms with Crippen LogP contribution < -0.4 is 10.6 Å². The highest BCUT2D eigenvalue weighted by Crippen LogP contribution is 2.33. The number of phenols is 1. The maximum atomic E-state index is 9.90. The number of hydrogen-bond donors (Lipinski definition) is 2. The maximum Gasteiger partial charge on any atom is 0.176 e. The highest BCUT2D eigenvalue weighted by atomic mass is 32.1. The number of phenolic OH excluding ortho intramolecular Hbond substituents is 1. The van der Waals surface area contributed by atoms with Crippen molar-refractivity contribution in [3.63, 3.8) is 0 Å². The molecule has 0 amide bonds. The van der Waals surface area contributed by atoms with E-state index in [4.69, 9.17) is 34.9 Å². The number of nitrogens with zero attached hydrogens (tertiary/aromatic N) is 4. The summed E-state index contributed by atoms with van der Waals surface area (Å²) in [4.78, 5) is 16.6. The molecule has 1 aliphatic heterocycles. The second-order valence-corrected chi connectivity index (χ2v) is 8.16. The standard InChI is InChI=1S/C21H27N5O4S/c22-14-30-12-11-29-9-5-17-23-20-18(31-17)21(26-6-2-8-28-10-7-26)25-19(24-20)15-3-1-4-16(27)13-15/h1,3-4,13,27H,2,5-12,14,22H2. The summed E-state index contributed by atoms with van der Waals surface area (Å²) in [6.45, 7) is 4.78. The van der Waals surface area contributed by atoms with Gasteiger partial charge >= 0.3 is 0 Å². The average molecular weight is 446 g/mol. The Morgan fingerprint density at radius 2 is 2.00 bits per heavy atom. The molecule has 3 aromatic rings. The Morgan fingerprint density at radius 1 is 1.10 bits per heavy atom. The normalized spacial score (nSPS) is 14.8. The van der Waals surface area contributed by atoms with Gasteiger partial charge in [-0.2, -0.15) is 0 Å². The molecular weight excluding hydrogens is 418 g/mol. The molecule has 1 fully saturated rings. The van der Waals surface area contributed by atoms with Gasteiger partial charge in [-0.1, -0.05) is 12.1 Å². The van der Waals surface area contributed by atoms with Gasteiger partial charge in [0.15, 0.2) is 17.3 Å². The van der Waals surface area contributed by atoms with Gasteiger partial charge in [0.2, 0.25) is 0 Å². The van der Waals surface area contributed by atoms with Crippen LogP contribution in [0.4, 0.5) is 5.82 Å². The predicted octanol–water partition coefficient (Wildman–Crippen LogP) is 2.18. The maximum absolute atomic E-state index is 9.90. The second-order valence-electron chi connectivity index (χ2n) is 7.07. The van der Waals surface area contributed by atoms with Crippen molar-refractivity contribution >= 4 is 27.5 Å². The van der Waals surface area contributed by atoms with Crippen LogP contribution >= 0.6 is 11.3 Å². The third kappa shape index (κ3) is 5.66. The third-order valence-corrected chi connectivity index (χ3v) is 5.96. The molecule has 4 rings (SSSR count). The molecule has 0 bridgehead atoms. The summed E-state index contributed by atoms with van der Waals surface area (Å²) >= 11 is 1.60. The van der Waals surface area contributed by atoms with E-state index in [1.165, 1.54) is 0 Å². The first-order valence-corrected chi connectivity index (χ1v) is 11.2. The Hall–Kier alpha value is -2.37. The topological polar surface area (TPSA) is 116 Å². The summed E-state index contributed by atoms with van der Waals surface area (Å²) < 4.78 is 17.3. The molecule has 0 radical (unpaired) electrons. The van der Waals surface area contributed by atoms with Crippen molar-refractivity contribution in [2.45, 2.75) is 12.8 Å². The molecule has 3 heterocycles. The lowest BCUT2D eigenvalue weighted by atomic mass is 10.2. The van der Waals surface area contributed by atoms with Gasteiger partial charge in [0.05, 0.1) is 38.2 Å². The van der Waals surface area contributed by atoms with E-state index in [1.54, 1.807) is 29.5 Å². The van der Waals surface area contributed by atoms with Crippen LogP contribution in [0.2, 0.25) is 0 Å². The van der Waals surface area contributed by atoms with Crippen LogP contribution in [0.5, 0.6) is 5.75 Å². The summed E-state index contributed by atoms with van der Waals surface area (Å²) in [5.74, 6) is 1.60. The van der Waals surface area contributed by atoms with Crippen LogP contribution in [0.15, 0.2) is 24.3 Å². The largest absolute Gasteiger partial charge is 0.508 e. The van der Waals surface area contributed by atoms with Gasteiger partial charge in [-0.05, 0) is 18.6 Å². The van der Waals surface area contributed by atoms with Gasteiger partial charge in [-0.3, -0.25) is 0 Å². The highest BCUT2D eigenvalue weighted by molar-refractivity contribution is 7.19. The fraction of sp³-hybridized carbons (Fsp3) is 0.476. The first kappa shape index (κ1) is 21.8. The molecule has 9 nitrogen and oxygen atoms in total. The zero-order valence-corrected chi connectivity index (χ0v) is 18.1. The van der Waals surface area contributed by atoms with Crippen molar-refractivity contribution in [2.24, 2.45) is 5.73 Å². The van der Waals surface area contributed by atoms with E-state index in [0.29, 0.717) is 44.3 Å². The SMILES string of the molecule is NCOCCOCCc1nc2nc(-c3cccc(O)c3)nc(N3CCCOCC3)c2s1. The van der Waals surface area contributed by atoms with Crippen LogP contribution in [0.1, 0.15) is 11.4 Å². The molecule has 0 saturated carbocycles. The van der Waals surface area contributed by atoms with E-state index >= 15 is 0 Å². The first-order chi connectivity index (χ1) is 15.2. The van der Waals surface area contributed by atoms with Gasteiger partial charge in [-0.25, -0.2) is 15.0 Å². The van der Waals surface area contributed by atoms with Gasteiger partial charge in [0, 0.05) is 31.7 Å². The van der Waals surface area contributed by atoms with E-state index in [9.17, 15) is 5.11 Å². The number of ether oxygens (including phenoxy) is 3. The van der Waals surface area contributed by atoms with Crippen LogP contribution in [0.25, 0.3) is 21.7 Å². The number of thiazole rings is 1. The van der Waals surface area contributed by atoms with Crippen molar-refractivity contribution in [1.82, 2.24) is 15.0 Å². The minimum absolute atomic E-state index is 0.181. The van der Waals surface area contributed by atoms with Crippen molar-refractivity contribution in [3.05, 3.63) is 29.3 Å². The molecule has 3 N–H and O–H groups in total. The number of nitrogens with two attached hydrogens (primary N) is 1. The fourth-order valence-electron chi connectivity index (χ4n) is 3.37. The quantitative estimate of drug-likeness (QED) is 0.377. The second kappa shape index (κ2) is 10.8. The monoisotopic (exact) mass is 445 g/mol. The molecule has 1 saturated heterocycles. The number of aromatic nitrogens is 3. The summed E-state index contributed by atoms with van der Waals surface area (Å²) in [5, 5.41) is 10.8. The Kier molecular flexibility index (Phi) is 7.60. The highest BCUT2D eigenvalue weighted by Gasteiger charge is 2.20. The molecule has 1 aromatic carbocycles. The lowest BCUT2D eigenvalue weighted by molar-refractivity contribution is 0.0514. The predicted molar refractivity (Wildman–Crippen MR) is 119 cm³/mol. The summed E-state index contributed by atoms with van der Waals surface area (Å²) in [7, 11) is 0. The Labute approximate surface area is 184 Å². The molecule has 0 unspecified atom stereocenters. The molecule has 0 aliphatic carbocycles. The fourth-order valence-corrected chi connectivity index (χ4v) is 4.37. The van der Waals surface area contributed by atoms with Crippen LogP contribution in [0.3, 0.4) is 0 Å². The summed E-state index contributed by atoms with van der Waals surface area (Å²) in [6.07, 6.45) is 1.63. The number of anilines is 1. The van der Waals surface area contributed by atoms with Crippen molar-refractivity contribution in [2.75, 3.05) is 57.8 Å². The number of fused-ring (bicyclic) bond motifs is 1. The van der Waals surface area contributed by atoms with Crippen LogP contribution in [-0.2, 0) is 20.6 Å². The lowest BCUT2D eigenvalue weighted by Gasteiger charge is -2.21. The lowest BCUT2D eigenvalue weighted by Crippen LogP contribution is -2.27. The average Bonchev–Trinajstić information content (AvgIpc) is 2.99. The van der Waals surface area contributed by atoms with Crippen LogP contribution in [0, 0.1) is 0 Å². The molecule has 0 spiro atoms. The Bertz CT molecular complexity index is 991. The molecule has 1 aliphatic rings. The van der Waals surface area contributed by atoms with E-state index in [0.717, 1.165) is 47.2 Å². The van der Waals surface area contributed by atoms with Gasteiger partial charge in [0.25, 0.3) is 0 Å². The molecule has 0 atom stereocenters. The molecule has 2 aromatic heterocycles. The third-order valence-electron chi connectivity index (χ3n) is 4.86. The zero-order chi connectivity index (χ0) is 21.5. The van der Waals surface area contributed by atoms with Crippen LogP contribution in [-0.4, -0.2) is 72.9 Å². The first-order valence-electron chi connectivity index (χ1n) is 10.4. The Balaban J connectivity index is 1.62. The van der Waals surface area contributed by atoms with E-state index in [2.05, 4.69) is 4.90 Å². The van der Waals surface area contributed by atoms with Gasteiger partial charge in [-0.15, -0.1) is 11.3 Å². The van der Waals surface area contributed by atoms with Crippen molar-refractivity contribution in [3.8, 4) is 17.1 Å². The molecule has 31 heavy (non-hydrogen) atoms. The minimum atomic E-state index is 0.181. The van der Waals surface area contributed by atoms with E-state index in [1.807, 2.05) is 6.07 Å². The Morgan fingerprint density at radius 3 is 2.87 bits per heavy atom. The van der Waals surface area contributed by atoms with Gasteiger partial charge < -0.3 is 30.0 Å². The molecule has 166 valence electrons. The number of aromatic hydroxyl groups is 1. The minimum Gasteiger partial charge on any atom is -0.508 e. The zero-order valence-electron chi connectivity index (χ0n) is 17.3. The summed E-state index contributed by atoms with van der Waals surface area (Å²) in [5.41, 5.74) is 6.72. The van der Waals surface area contributed by atoms with Gasteiger partial charge in [0.1, 0.15) is 10.4 Å². The molecular formula is C21H27N5O4S. The van der Waals surface area contributed by atoms with E-state index in [-0.39, 0.29) is 12.5 Å².